The van der Waals surface area contributed by atoms with E-state index in [9.17, 15) is 5.11 Å². The van der Waals surface area contributed by atoms with Crippen LogP contribution in [0.3, 0.4) is 0 Å². The Hall–Kier alpha value is -5.57. The van der Waals surface area contributed by atoms with Crippen LogP contribution in [0.2, 0.25) is 0 Å². The number of pyridine rings is 1. The number of hydrogen-bond acceptors (Lipinski definition) is 3. The Labute approximate surface area is 355 Å². The predicted molar refractivity (Wildman–Crippen MR) is 233 cm³/mol. The Morgan fingerprint density at radius 2 is 1.30 bits per heavy atom. The van der Waals surface area contributed by atoms with Crippen LogP contribution in [0.15, 0.2) is 140 Å². The van der Waals surface area contributed by atoms with E-state index in [4.69, 9.17) is 14.1 Å². The average molecular weight is 929 g/mol. The summed E-state index contributed by atoms with van der Waals surface area (Å²) in [5.74, 6) is 0.687. The van der Waals surface area contributed by atoms with Crippen LogP contribution in [-0.4, -0.2) is 19.6 Å². The molecule has 4 nitrogen and oxygen atoms in total. The molecule has 1 N–H and O–H groups in total. The largest absolute Gasteiger partial charge is 0.507 e. The molecule has 288 valence electrons. The van der Waals surface area contributed by atoms with Crippen molar-refractivity contribution in [2.75, 3.05) is 0 Å². The van der Waals surface area contributed by atoms with Gasteiger partial charge in [-0.3, -0.25) is 9.55 Å². The monoisotopic (exact) mass is 928 g/mol. The fraction of sp³-hybridized carbons (Fsp3) is 0.192. The van der Waals surface area contributed by atoms with Gasteiger partial charge >= 0.3 is 0 Å². The van der Waals surface area contributed by atoms with Crippen molar-refractivity contribution in [3.8, 4) is 67.5 Å². The molecular weight excluding hydrogens is 878 g/mol. The summed E-state index contributed by atoms with van der Waals surface area (Å²) >= 11 is 0. The van der Waals surface area contributed by atoms with Gasteiger partial charge in [0.05, 0.1) is 22.3 Å². The minimum Gasteiger partial charge on any atom is -0.507 e. The SMILES string of the molecule is [2H]C([2H])([2H])c1ccc(-n2c(-c3cc(C(C)(C)C)cc(C)c3O)nc3c(-c4[c-]c(-c5cc(-c6ccccc6)ccn5)cc(C(C)(C)C)c4)cccc32)c(-c2ccccc2)c1.[Pt]. The third-order valence-electron chi connectivity index (χ3n) is 10.6. The summed E-state index contributed by atoms with van der Waals surface area (Å²) in [6, 6.07) is 47.9. The summed E-state index contributed by atoms with van der Waals surface area (Å²) in [6.45, 7) is 12.7. The topological polar surface area (TPSA) is 50.9 Å². The number of rotatable bonds is 6. The Balaban J connectivity index is 0.00000544. The molecule has 0 saturated heterocycles. The fourth-order valence-electron chi connectivity index (χ4n) is 7.38. The molecule has 0 radical (unpaired) electrons. The summed E-state index contributed by atoms with van der Waals surface area (Å²) in [4.78, 5) is 10.3. The van der Waals surface area contributed by atoms with Crippen LogP contribution in [0, 0.1) is 19.8 Å². The molecule has 6 aromatic carbocycles. The molecule has 0 spiro atoms. The van der Waals surface area contributed by atoms with Gasteiger partial charge in [0.25, 0.3) is 0 Å². The minimum atomic E-state index is -2.31. The average Bonchev–Trinajstić information content (AvgIpc) is 3.60. The first-order valence-electron chi connectivity index (χ1n) is 20.6. The number of aryl methyl sites for hydroxylation is 2. The molecule has 0 aliphatic heterocycles. The molecule has 2 heterocycles. The molecule has 5 heteroatoms. The molecule has 0 saturated carbocycles. The van der Waals surface area contributed by atoms with Crippen LogP contribution in [0.25, 0.3) is 72.7 Å². The number of nitrogens with zero attached hydrogens (tertiary/aromatic N) is 3. The van der Waals surface area contributed by atoms with Gasteiger partial charge in [0.2, 0.25) is 0 Å². The summed E-state index contributed by atoms with van der Waals surface area (Å²) in [5.41, 5.74) is 12.8. The molecule has 0 atom stereocenters. The molecule has 0 unspecified atom stereocenters. The van der Waals surface area contributed by atoms with Gasteiger partial charge in [0, 0.05) is 42.6 Å². The van der Waals surface area contributed by atoms with Crippen LogP contribution in [0.4, 0.5) is 0 Å². The fourth-order valence-corrected chi connectivity index (χ4v) is 7.38. The molecular formula is C52H48N3OPt-. The van der Waals surface area contributed by atoms with Crippen molar-refractivity contribution in [3.05, 3.63) is 168 Å². The molecule has 0 bridgehead atoms. The molecule has 8 rings (SSSR count). The van der Waals surface area contributed by atoms with E-state index in [0.717, 1.165) is 78.0 Å². The number of benzene rings is 6. The van der Waals surface area contributed by atoms with Gasteiger partial charge in [-0.1, -0.05) is 149 Å². The van der Waals surface area contributed by atoms with Crippen LogP contribution in [0.5, 0.6) is 5.75 Å². The first-order chi connectivity index (χ1) is 28.0. The maximum atomic E-state index is 11.9. The van der Waals surface area contributed by atoms with E-state index in [2.05, 4.69) is 88.6 Å². The maximum absolute atomic E-state index is 11.9. The van der Waals surface area contributed by atoms with E-state index in [-0.39, 0.29) is 43.2 Å². The summed E-state index contributed by atoms with van der Waals surface area (Å²) < 4.78 is 27.0. The number of para-hydroxylation sites is 1. The van der Waals surface area contributed by atoms with E-state index in [1.807, 2.05) is 98.0 Å². The van der Waals surface area contributed by atoms with Gasteiger partial charge in [-0.05, 0) is 82.8 Å². The maximum Gasteiger partial charge on any atom is 0.148 e. The smallest absolute Gasteiger partial charge is 0.148 e. The second-order valence-corrected chi connectivity index (χ2v) is 16.7. The van der Waals surface area contributed by atoms with E-state index in [1.54, 1.807) is 12.1 Å². The molecule has 0 aliphatic rings. The number of hydrogen-bond donors (Lipinski definition) is 1. The minimum absolute atomic E-state index is 0. The quantitative estimate of drug-likeness (QED) is 0.169. The van der Waals surface area contributed by atoms with E-state index in [0.29, 0.717) is 11.4 Å². The number of imidazole rings is 1. The summed E-state index contributed by atoms with van der Waals surface area (Å²) in [7, 11) is 0. The summed E-state index contributed by atoms with van der Waals surface area (Å²) in [6.07, 6.45) is 1.85. The van der Waals surface area contributed by atoms with Crippen LogP contribution in [-0.2, 0) is 31.9 Å². The Bertz CT molecular complexity index is 2850. The van der Waals surface area contributed by atoms with E-state index in [1.165, 1.54) is 0 Å². The van der Waals surface area contributed by atoms with Crippen molar-refractivity contribution >= 4 is 11.0 Å². The molecule has 0 fully saturated rings. The zero-order valence-corrected chi connectivity index (χ0v) is 35.7. The Kier molecular flexibility index (Phi) is 9.68. The number of fused-ring (bicyclic) bond motifs is 1. The van der Waals surface area contributed by atoms with Gasteiger partial charge in [0.1, 0.15) is 11.6 Å². The first-order valence-corrected chi connectivity index (χ1v) is 19.1. The van der Waals surface area contributed by atoms with E-state index >= 15 is 0 Å². The molecule has 2 aromatic heterocycles. The van der Waals surface area contributed by atoms with Gasteiger partial charge in [0.15, 0.2) is 0 Å². The van der Waals surface area contributed by atoms with Crippen LogP contribution in [0.1, 0.15) is 67.9 Å². The van der Waals surface area contributed by atoms with Crippen molar-refractivity contribution in [2.24, 2.45) is 0 Å². The number of phenols is 1. The van der Waals surface area contributed by atoms with Gasteiger partial charge < -0.3 is 5.11 Å². The molecule has 8 aromatic rings. The van der Waals surface area contributed by atoms with E-state index < -0.39 is 6.85 Å². The van der Waals surface area contributed by atoms with Crippen molar-refractivity contribution in [1.82, 2.24) is 14.5 Å². The molecule has 57 heavy (non-hydrogen) atoms. The Morgan fingerprint density at radius 1 is 0.632 bits per heavy atom. The zero-order valence-electron chi connectivity index (χ0n) is 36.4. The second kappa shape index (κ2) is 15.4. The van der Waals surface area contributed by atoms with Crippen molar-refractivity contribution in [2.45, 2.75) is 66.1 Å². The zero-order chi connectivity index (χ0) is 41.9. The number of phenolic OH excluding ortho intramolecular Hbond substituents is 1. The first kappa shape index (κ1) is 35.8. The second-order valence-electron chi connectivity index (χ2n) is 16.7. The van der Waals surface area contributed by atoms with Crippen molar-refractivity contribution in [3.63, 3.8) is 0 Å². The van der Waals surface area contributed by atoms with Crippen LogP contribution >= 0.6 is 0 Å². The van der Waals surface area contributed by atoms with Gasteiger partial charge in [-0.25, -0.2) is 4.98 Å². The predicted octanol–water partition coefficient (Wildman–Crippen LogP) is 13.5. The number of aromatic hydroxyl groups is 1. The third-order valence-corrected chi connectivity index (χ3v) is 10.6. The standard InChI is InChI=1S/C52H48N3O.Pt/c1-33-22-23-46(43(26-33)36-18-13-10-14-19-36)55-47-21-15-20-42(48(47)54-50(55)44-32-40(51(3,4)5)27-34(2)49(44)56)38-28-39(30-41(29-38)52(6,7)8)45-31-37(24-25-53-45)35-16-11-9-12-17-35;/h9-27,29-32,56H,1-8H3;/q-1;/i1D3;. The van der Waals surface area contributed by atoms with Crippen molar-refractivity contribution < 1.29 is 30.3 Å². The summed E-state index contributed by atoms with van der Waals surface area (Å²) in [5, 5.41) is 11.9. The van der Waals surface area contributed by atoms with Gasteiger partial charge in [-0.2, -0.15) is 0 Å². The Morgan fingerprint density at radius 3 is 1.98 bits per heavy atom. The van der Waals surface area contributed by atoms with Crippen LogP contribution < -0.4 is 0 Å². The molecule has 0 aliphatic carbocycles. The normalized spacial score (nSPS) is 12.8. The third kappa shape index (κ3) is 7.76. The van der Waals surface area contributed by atoms with Crippen molar-refractivity contribution in [1.29, 1.82) is 0 Å². The number of aromatic nitrogens is 3. The van der Waals surface area contributed by atoms with Gasteiger partial charge in [-0.15, -0.1) is 29.3 Å². The molecule has 0 amide bonds.